The number of rotatable bonds is 9. The predicted octanol–water partition coefficient (Wildman–Crippen LogP) is 1.11. The van der Waals surface area contributed by atoms with E-state index < -0.39 is 0 Å². The van der Waals surface area contributed by atoms with E-state index in [0.717, 1.165) is 38.9 Å². The van der Waals surface area contributed by atoms with Crippen LogP contribution >= 0.6 is 0 Å². The van der Waals surface area contributed by atoms with Crippen LogP contribution in [0.5, 0.6) is 0 Å². The van der Waals surface area contributed by atoms with E-state index in [4.69, 9.17) is 9.47 Å². The van der Waals surface area contributed by atoms with Gasteiger partial charge < -0.3 is 14.8 Å². The Labute approximate surface area is 106 Å². The zero-order valence-corrected chi connectivity index (χ0v) is 11.4. The molecule has 1 saturated heterocycles. The zero-order chi connectivity index (χ0) is 12.3. The third-order valence-electron chi connectivity index (χ3n) is 3.43. The Morgan fingerprint density at radius 1 is 1.06 bits per heavy atom. The molecule has 0 aromatic rings. The largest absolute Gasteiger partial charge is 0.383 e. The lowest BCUT2D eigenvalue weighted by Gasteiger charge is -2.27. The maximum atomic E-state index is 5.15. The van der Waals surface area contributed by atoms with Crippen molar-refractivity contribution in [2.45, 2.75) is 31.7 Å². The molecule has 0 amide bonds. The molecular weight excluding hydrogens is 216 g/mol. The number of hydrogen-bond acceptors (Lipinski definition) is 4. The molecule has 1 N–H and O–H groups in total. The lowest BCUT2D eigenvalue weighted by molar-refractivity contribution is 0.110. The van der Waals surface area contributed by atoms with Crippen LogP contribution in [0.1, 0.15) is 25.7 Å². The van der Waals surface area contributed by atoms with Gasteiger partial charge in [0.25, 0.3) is 0 Å². The van der Waals surface area contributed by atoms with Gasteiger partial charge in [0.2, 0.25) is 0 Å². The highest BCUT2D eigenvalue weighted by molar-refractivity contribution is 4.73. The van der Waals surface area contributed by atoms with Crippen molar-refractivity contribution in [2.24, 2.45) is 0 Å². The molecule has 0 aliphatic carbocycles. The highest BCUT2D eigenvalue weighted by Crippen LogP contribution is 2.10. The fourth-order valence-corrected chi connectivity index (χ4v) is 2.28. The summed E-state index contributed by atoms with van der Waals surface area (Å²) in [5.41, 5.74) is 0. The monoisotopic (exact) mass is 244 g/mol. The van der Waals surface area contributed by atoms with Gasteiger partial charge in [-0.1, -0.05) is 6.42 Å². The van der Waals surface area contributed by atoms with Gasteiger partial charge in [0.15, 0.2) is 0 Å². The van der Waals surface area contributed by atoms with Crippen molar-refractivity contribution in [2.75, 3.05) is 53.6 Å². The summed E-state index contributed by atoms with van der Waals surface area (Å²) in [7, 11) is 3.52. The standard InChI is InChI=1S/C13H28N2O2/c1-16-11-9-15(10-12-17-2)8-6-13-5-3-4-7-14-13/h13-14H,3-12H2,1-2H3. The maximum Gasteiger partial charge on any atom is 0.0589 e. The molecule has 4 heteroatoms. The lowest BCUT2D eigenvalue weighted by atomic mass is 10.0. The van der Waals surface area contributed by atoms with Gasteiger partial charge in [-0.15, -0.1) is 0 Å². The van der Waals surface area contributed by atoms with Gasteiger partial charge in [-0.3, -0.25) is 4.90 Å². The number of nitrogens with one attached hydrogen (secondary N) is 1. The first-order chi connectivity index (χ1) is 8.36. The Morgan fingerprint density at radius 3 is 2.29 bits per heavy atom. The summed E-state index contributed by atoms with van der Waals surface area (Å²) in [5, 5.41) is 3.60. The molecule has 0 bridgehead atoms. The fourth-order valence-electron chi connectivity index (χ4n) is 2.28. The molecule has 1 heterocycles. The van der Waals surface area contributed by atoms with Gasteiger partial charge in [0.1, 0.15) is 0 Å². The van der Waals surface area contributed by atoms with Crippen LogP contribution in [0.15, 0.2) is 0 Å². The first kappa shape index (κ1) is 14.9. The van der Waals surface area contributed by atoms with Crippen LogP contribution in [-0.4, -0.2) is 64.6 Å². The van der Waals surface area contributed by atoms with Crippen LogP contribution in [0.25, 0.3) is 0 Å². The normalized spacial score (nSPS) is 21.0. The summed E-state index contributed by atoms with van der Waals surface area (Å²) < 4.78 is 10.3. The van der Waals surface area contributed by atoms with Gasteiger partial charge >= 0.3 is 0 Å². The molecule has 102 valence electrons. The maximum absolute atomic E-state index is 5.15. The minimum Gasteiger partial charge on any atom is -0.383 e. The van der Waals surface area contributed by atoms with Crippen LogP contribution in [-0.2, 0) is 9.47 Å². The topological polar surface area (TPSA) is 33.7 Å². The van der Waals surface area contributed by atoms with E-state index in [2.05, 4.69) is 10.2 Å². The number of nitrogens with zero attached hydrogens (tertiary/aromatic N) is 1. The second kappa shape index (κ2) is 9.83. The summed E-state index contributed by atoms with van der Waals surface area (Å²) >= 11 is 0. The molecule has 1 aliphatic rings. The van der Waals surface area contributed by atoms with E-state index in [1.807, 2.05) is 0 Å². The lowest BCUT2D eigenvalue weighted by Crippen LogP contribution is -2.39. The van der Waals surface area contributed by atoms with Crippen molar-refractivity contribution >= 4 is 0 Å². The van der Waals surface area contributed by atoms with Crippen LogP contribution in [0.2, 0.25) is 0 Å². The van der Waals surface area contributed by atoms with E-state index in [9.17, 15) is 0 Å². The van der Waals surface area contributed by atoms with E-state index in [0.29, 0.717) is 0 Å². The minimum absolute atomic E-state index is 0.719. The molecule has 0 saturated carbocycles. The molecular formula is C13H28N2O2. The Bertz CT molecular complexity index is 165. The van der Waals surface area contributed by atoms with Crippen molar-refractivity contribution < 1.29 is 9.47 Å². The van der Waals surface area contributed by atoms with Crippen molar-refractivity contribution in [1.29, 1.82) is 0 Å². The smallest absolute Gasteiger partial charge is 0.0589 e. The Kier molecular flexibility index (Phi) is 8.61. The molecule has 1 atom stereocenters. The molecule has 1 rings (SSSR count). The third kappa shape index (κ3) is 6.99. The molecule has 0 aromatic carbocycles. The Hall–Kier alpha value is -0.160. The highest BCUT2D eigenvalue weighted by atomic mass is 16.5. The summed E-state index contributed by atoms with van der Waals surface area (Å²) in [6, 6.07) is 0.719. The number of piperidine rings is 1. The molecule has 0 aromatic heterocycles. The van der Waals surface area contributed by atoms with Gasteiger partial charge in [-0.2, -0.15) is 0 Å². The van der Waals surface area contributed by atoms with Gasteiger partial charge in [0, 0.05) is 33.4 Å². The van der Waals surface area contributed by atoms with E-state index in [1.165, 1.54) is 32.2 Å². The Morgan fingerprint density at radius 2 is 1.76 bits per heavy atom. The number of methoxy groups -OCH3 is 2. The van der Waals surface area contributed by atoms with E-state index in [1.54, 1.807) is 14.2 Å². The van der Waals surface area contributed by atoms with Crippen molar-refractivity contribution in [1.82, 2.24) is 10.2 Å². The predicted molar refractivity (Wildman–Crippen MR) is 70.5 cm³/mol. The average molecular weight is 244 g/mol. The van der Waals surface area contributed by atoms with Crippen LogP contribution in [0.3, 0.4) is 0 Å². The molecule has 1 aliphatic heterocycles. The molecule has 1 unspecified atom stereocenters. The van der Waals surface area contributed by atoms with E-state index >= 15 is 0 Å². The number of ether oxygens (including phenoxy) is 2. The minimum atomic E-state index is 0.719. The molecule has 0 radical (unpaired) electrons. The van der Waals surface area contributed by atoms with Crippen LogP contribution < -0.4 is 5.32 Å². The molecule has 1 fully saturated rings. The SMILES string of the molecule is COCCN(CCOC)CCC1CCCCN1. The fraction of sp³-hybridized carbons (Fsp3) is 1.00. The zero-order valence-electron chi connectivity index (χ0n) is 11.4. The van der Waals surface area contributed by atoms with Gasteiger partial charge in [0.05, 0.1) is 13.2 Å². The summed E-state index contributed by atoms with van der Waals surface area (Å²) in [6.07, 6.45) is 5.30. The van der Waals surface area contributed by atoms with Crippen molar-refractivity contribution in [3.8, 4) is 0 Å². The Balaban J connectivity index is 2.16. The molecule has 0 spiro atoms. The highest BCUT2D eigenvalue weighted by Gasteiger charge is 2.14. The van der Waals surface area contributed by atoms with Gasteiger partial charge in [-0.05, 0) is 32.4 Å². The first-order valence-electron chi connectivity index (χ1n) is 6.80. The quantitative estimate of drug-likeness (QED) is 0.659. The van der Waals surface area contributed by atoms with Crippen molar-refractivity contribution in [3.05, 3.63) is 0 Å². The molecule has 17 heavy (non-hydrogen) atoms. The number of hydrogen-bond donors (Lipinski definition) is 1. The first-order valence-corrected chi connectivity index (χ1v) is 6.80. The summed E-state index contributed by atoms with van der Waals surface area (Å²) in [4.78, 5) is 2.43. The van der Waals surface area contributed by atoms with Crippen molar-refractivity contribution in [3.63, 3.8) is 0 Å². The second-order valence-corrected chi connectivity index (χ2v) is 4.76. The summed E-state index contributed by atoms with van der Waals surface area (Å²) in [5.74, 6) is 0. The molecule has 4 nitrogen and oxygen atoms in total. The third-order valence-corrected chi connectivity index (χ3v) is 3.43. The van der Waals surface area contributed by atoms with E-state index in [-0.39, 0.29) is 0 Å². The van der Waals surface area contributed by atoms with Crippen LogP contribution in [0.4, 0.5) is 0 Å². The second-order valence-electron chi connectivity index (χ2n) is 4.76. The van der Waals surface area contributed by atoms with Crippen LogP contribution in [0, 0.1) is 0 Å². The summed E-state index contributed by atoms with van der Waals surface area (Å²) in [6.45, 7) is 5.97. The van der Waals surface area contributed by atoms with Gasteiger partial charge in [-0.25, -0.2) is 0 Å². The average Bonchev–Trinajstić information content (AvgIpc) is 2.39.